The van der Waals surface area contributed by atoms with Gasteiger partial charge < -0.3 is 4.98 Å². The van der Waals surface area contributed by atoms with E-state index in [2.05, 4.69) is 20.1 Å². The smallest absolute Gasteiger partial charge is 0.179 e. The molecular formula is C10H7Cl2N5. The molecule has 0 radical (unpaired) electrons. The number of halogens is 2. The third-order valence-corrected chi connectivity index (χ3v) is 3.04. The van der Waals surface area contributed by atoms with Gasteiger partial charge in [0.1, 0.15) is 11.0 Å². The van der Waals surface area contributed by atoms with E-state index < -0.39 is 0 Å². The molecule has 0 saturated carbocycles. The van der Waals surface area contributed by atoms with E-state index in [0.717, 1.165) is 11.1 Å². The maximum absolute atomic E-state index is 5.89. The highest BCUT2D eigenvalue weighted by Gasteiger charge is 2.10. The predicted molar refractivity (Wildman–Crippen MR) is 66.1 cm³/mol. The molecule has 0 spiro atoms. The average molecular weight is 268 g/mol. The summed E-state index contributed by atoms with van der Waals surface area (Å²) in [5.74, 6) is 0.693. The van der Waals surface area contributed by atoms with Gasteiger partial charge in [0, 0.05) is 13.2 Å². The third kappa shape index (κ3) is 1.77. The zero-order valence-electron chi connectivity index (χ0n) is 8.78. The molecule has 3 rings (SSSR count). The number of nitrogens with one attached hydrogen (secondary N) is 1. The van der Waals surface area contributed by atoms with E-state index in [1.807, 2.05) is 13.2 Å². The molecule has 86 valence electrons. The van der Waals surface area contributed by atoms with Crippen LogP contribution >= 0.6 is 23.2 Å². The summed E-state index contributed by atoms with van der Waals surface area (Å²) in [5.41, 5.74) is 2.18. The summed E-state index contributed by atoms with van der Waals surface area (Å²) in [6.07, 6.45) is 3.59. The molecule has 0 aliphatic heterocycles. The van der Waals surface area contributed by atoms with Crippen molar-refractivity contribution < 1.29 is 0 Å². The number of H-pyrrole nitrogens is 1. The lowest BCUT2D eigenvalue weighted by Crippen LogP contribution is -1.84. The molecule has 17 heavy (non-hydrogen) atoms. The van der Waals surface area contributed by atoms with Gasteiger partial charge in [0.25, 0.3) is 0 Å². The van der Waals surface area contributed by atoms with Crippen molar-refractivity contribution in [3.63, 3.8) is 0 Å². The number of aromatic amines is 1. The number of rotatable bonds is 1. The highest BCUT2D eigenvalue weighted by atomic mass is 35.5. The Kier molecular flexibility index (Phi) is 2.31. The zero-order valence-corrected chi connectivity index (χ0v) is 10.3. The summed E-state index contributed by atoms with van der Waals surface area (Å²) in [7, 11) is 1.85. The zero-order chi connectivity index (χ0) is 12.0. The highest BCUT2D eigenvalue weighted by molar-refractivity contribution is 6.41. The minimum Gasteiger partial charge on any atom is -0.336 e. The molecule has 3 heterocycles. The van der Waals surface area contributed by atoms with Crippen LogP contribution in [-0.2, 0) is 7.05 Å². The first kappa shape index (κ1) is 10.6. The van der Waals surface area contributed by atoms with Crippen LogP contribution in [0.5, 0.6) is 0 Å². The van der Waals surface area contributed by atoms with Crippen LogP contribution in [0.15, 0.2) is 18.5 Å². The molecule has 0 aliphatic rings. The van der Waals surface area contributed by atoms with Gasteiger partial charge >= 0.3 is 0 Å². The number of aromatic nitrogens is 5. The Morgan fingerprint density at radius 3 is 2.82 bits per heavy atom. The fourth-order valence-corrected chi connectivity index (χ4v) is 1.86. The first-order valence-corrected chi connectivity index (χ1v) is 5.60. The van der Waals surface area contributed by atoms with E-state index >= 15 is 0 Å². The van der Waals surface area contributed by atoms with Gasteiger partial charge in [-0.2, -0.15) is 5.10 Å². The van der Waals surface area contributed by atoms with E-state index in [0.29, 0.717) is 16.5 Å². The van der Waals surface area contributed by atoms with E-state index in [1.54, 1.807) is 16.9 Å². The van der Waals surface area contributed by atoms with E-state index in [-0.39, 0.29) is 5.15 Å². The second-order valence-corrected chi connectivity index (χ2v) is 4.39. The Morgan fingerprint density at radius 1 is 1.29 bits per heavy atom. The van der Waals surface area contributed by atoms with Crippen LogP contribution < -0.4 is 0 Å². The van der Waals surface area contributed by atoms with Crippen molar-refractivity contribution in [1.82, 2.24) is 24.7 Å². The van der Waals surface area contributed by atoms with Gasteiger partial charge in [0.2, 0.25) is 0 Å². The molecule has 0 saturated heterocycles. The fourth-order valence-electron chi connectivity index (χ4n) is 1.58. The van der Waals surface area contributed by atoms with E-state index in [4.69, 9.17) is 23.2 Å². The van der Waals surface area contributed by atoms with Crippen molar-refractivity contribution in [2.75, 3.05) is 0 Å². The Labute approximate surface area is 106 Å². The van der Waals surface area contributed by atoms with Crippen molar-refractivity contribution >= 4 is 34.4 Å². The molecule has 5 nitrogen and oxygen atoms in total. The van der Waals surface area contributed by atoms with E-state index in [9.17, 15) is 0 Å². The Bertz CT molecular complexity index is 661. The number of nitrogens with zero attached hydrogens (tertiary/aromatic N) is 4. The Hall–Kier alpha value is -1.59. The van der Waals surface area contributed by atoms with Crippen LogP contribution in [0.4, 0.5) is 0 Å². The minimum absolute atomic E-state index is 0.253. The molecule has 0 fully saturated rings. The lowest BCUT2D eigenvalue weighted by Gasteiger charge is -1.92. The summed E-state index contributed by atoms with van der Waals surface area (Å²) >= 11 is 11.7. The van der Waals surface area contributed by atoms with Crippen LogP contribution in [0.2, 0.25) is 10.2 Å². The van der Waals surface area contributed by atoms with Crippen LogP contribution in [0.1, 0.15) is 0 Å². The number of aryl methyl sites for hydroxylation is 1. The summed E-state index contributed by atoms with van der Waals surface area (Å²) < 4.78 is 1.70. The number of hydrogen-bond donors (Lipinski definition) is 1. The summed E-state index contributed by atoms with van der Waals surface area (Å²) in [4.78, 5) is 11.6. The van der Waals surface area contributed by atoms with Gasteiger partial charge in [-0.15, -0.1) is 0 Å². The maximum Gasteiger partial charge on any atom is 0.179 e. The van der Waals surface area contributed by atoms with Crippen LogP contribution in [0.25, 0.3) is 22.6 Å². The normalized spacial score (nSPS) is 11.2. The monoisotopic (exact) mass is 267 g/mol. The fraction of sp³-hybridized carbons (Fsp3) is 0.100. The van der Waals surface area contributed by atoms with Crippen LogP contribution in [0.3, 0.4) is 0 Å². The van der Waals surface area contributed by atoms with Crippen molar-refractivity contribution in [2.45, 2.75) is 0 Å². The molecule has 0 aromatic carbocycles. The molecule has 0 unspecified atom stereocenters. The summed E-state index contributed by atoms with van der Waals surface area (Å²) in [5, 5.41) is 4.74. The molecule has 0 atom stereocenters. The van der Waals surface area contributed by atoms with Gasteiger partial charge in [-0.3, -0.25) is 4.68 Å². The molecular weight excluding hydrogens is 261 g/mol. The highest BCUT2D eigenvalue weighted by Crippen LogP contribution is 2.25. The summed E-state index contributed by atoms with van der Waals surface area (Å²) in [6.45, 7) is 0. The first-order valence-electron chi connectivity index (χ1n) is 4.84. The van der Waals surface area contributed by atoms with Crippen molar-refractivity contribution in [2.24, 2.45) is 7.05 Å². The lowest BCUT2D eigenvalue weighted by atomic mass is 10.3. The van der Waals surface area contributed by atoms with Gasteiger partial charge in [-0.05, 0) is 6.07 Å². The first-order chi connectivity index (χ1) is 8.13. The van der Waals surface area contributed by atoms with Crippen molar-refractivity contribution in [3.8, 4) is 11.4 Å². The standard InChI is InChI=1S/C10H7Cl2N5/c1-17-4-5(3-13-17)9-14-7-2-6(11)8(12)15-10(7)16-9/h2-4H,1H3,(H,14,15,16). The Morgan fingerprint density at radius 2 is 2.12 bits per heavy atom. The SMILES string of the molecule is Cn1cc(-c2nc3nc(Cl)c(Cl)cc3[nH]2)cn1. The van der Waals surface area contributed by atoms with Gasteiger partial charge in [0.15, 0.2) is 5.65 Å². The molecule has 1 N–H and O–H groups in total. The maximum atomic E-state index is 5.89. The van der Waals surface area contributed by atoms with Crippen LogP contribution in [0, 0.1) is 0 Å². The van der Waals surface area contributed by atoms with Crippen molar-refractivity contribution in [3.05, 3.63) is 28.6 Å². The summed E-state index contributed by atoms with van der Waals surface area (Å²) in [6, 6.07) is 1.71. The average Bonchev–Trinajstić information content (AvgIpc) is 2.85. The van der Waals surface area contributed by atoms with E-state index in [1.165, 1.54) is 0 Å². The number of pyridine rings is 1. The molecule has 3 aromatic rings. The number of imidazole rings is 1. The largest absolute Gasteiger partial charge is 0.336 e. The molecule has 0 bridgehead atoms. The molecule has 0 aliphatic carbocycles. The predicted octanol–water partition coefficient (Wildman–Crippen LogP) is 2.67. The van der Waals surface area contributed by atoms with Gasteiger partial charge in [-0.1, -0.05) is 23.2 Å². The number of hydrogen-bond acceptors (Lipinski definition) is 3. The quantitative estimate of drug-likeness (QED) is 0.690. The second kappa shape index (κ2) is 3.72. The van der Waals surface area contributed by atoms with Gasteiger partial charge in [-0.25, -0.2) is 9.97 Å². The number of fused-ring (bicyclic) bond motifs is 1. The van der Waals surface area contributed by atoms with Gasteiger partial charge in [0.05, 0.1) is 22.3 Å². The van der Waals surface area contributed by atoms with Crippen molar-refractivity contribution in [1.29, 1.82) is 0 Å². The minimum atomic E-state index is 0.253. The second-order valence-electron chi connectivity index (χ2n) is 3.62. The molecule has 3 aromatic heterocycles. The Balaban J connectivity index is 2.19. The topological polar surface area (TPSA) is 59.4 Å². The lowest BCUT2D eigenvalue weighted by molar-refractivity contribution is 0.768. The van der Waals surface area contributed by atoms with Crippen LogP contribution in [-0.4, -0.2) is 24.7 Å². The molecule has 7 heteroatoms. The molecule has 0 amide bonds. The third-order valence-electron chi connectivity index (χ3n) is 2.36.